The van der Waals surface area contributed by atoms with Gasteiger partial charge in [-0.1, -0.05) is 18.2 Å². The number of hydrogen-bond donors (Lipinski definition) is 2. The molecule has 0 radical (unpaired) electrons. The summed E-state index contributed by atoms with van der Waals surface area (Å²) in [7, 11) is 0. The van der Waals surface area contributed by atoms with Gasteiger partial charge in [0.05, 0.1) is 5.56 Å². The van der Waals surface area contributed by atoms with Crippen LogP contribution in [-0.4, -0.2) is 16.2 Å². The second-order valence-corrected chi connectivity index (χ2v) is 4.24. The molecule has 4 heteroatoms. The molecule has 19 heavy (non-hydrogen) atoms. The van der Waals surface area contributed by atoms with Gasteiger partial charge in [-0.05, 0) is 42.3 Å². The van der Waals surface area contributed by atoms with E-state index >= 15 is 0 Å². The summed E-state index contributed by atoms with van der Waals surface area (Å²) in [4.78, 5) is 10.9. The third-order valence-electron chi connectivity index (χ3n) is 2.77. The number of carboxylic acid groups (broad SMARTS) is 1. The van der Waals surface area contributed by atoms with Gasteiger partial charge in [0.25, 0.3) is 0 Å². The fourth-order valence-corrected chi connectivity index (χ4v) is 1.64. The fourth-order valence-electron chi connectivity index (χ4n) is 1.64. The van der Waals surface area contributed by atoms with Crippen molar-refractivity contribution < 1.29 is 19.7 Å². The Balaban J connectivity index is 2.12. The summed E-state index contributed by atoms with van der Waals surface area (Å²) in [6.45, 7) is 2.18. The molecule has 0 aliphatic rings. The van der Waals surface area contributed by atoms with Crippen molar-refractivity contribution in [3.8, 4) is 11.5 Å². The molecule has 0 bridgehead atoms. The van der Waals surface area contributed by atoms with Crippen LogP contribution in [0.1, 0.15) is 21.5 Å². The number of aryl methyl sites for hydroxylation is 1. The van der Waals surface area contributed by atoms with Gasteiger partial charge in [0.1, 0.15) is 18.1 Å². The van der Waals surface area contributed by atoms with Gasteiger partial charge < -0.3 is 14.9 Å². The lowest BCUT2D eigenvalue weighted by atomic mass is 10.1. The minimum absolute atomic E-state index is 0.200. The molecule has 0 atom stereocenters. The van der Waals surface area contributed by atoms with Crippen LogP contribution in [0.25, 0.3) is 0 Å². The lowest BCUT2D eigenvalue weighted by Gasteiger charge is -2.10. The minimum Gasteiger partial charge on any atom is -0.508 e. The average molecular weight is 258 g/mol. The number of aromatic carboxylic acids is 1. The van der Waals surface area contributed by atoms with Crippen molar-refractivity contribution in [3.05, 3.63) is 59.2 Å². The lowest BCUT2D eigenvalue weighted by Crippen LogP contribution is -2.00. The zero-order valence-corrected chi connectivity index (χ0v) is 10.5. The summed E-state index contributed by atoms with van der Waals surface area (Å²) in [6.07, 6.45) is 0. The Morgan fingerprint density at radius 2 is 1.84 bits per heavy atom. The molecule has 0 saturated carbocycles. The first kappa shape index (κ1) is 13.0. The summed E-state index contributed by atoms with van der Waals surface area (Å²) >= 11 is 0. The Bertz CT molecular complexity index is 588. The molecule has 2 rings (SSSR count). The van der Waals surface area contributed by atoms with Gasteiger partial charge >= 0.3 is 5.97 Å². The Labute approximate surface area is 110 Å². The minimum atomic E-state index is -0.977. The Morgan fingerprint density at radius 1 is 1.16 bits per heavy atom. The number of carbonyl (C=O) groups is 1. The van der Waals surface area contributed by atoms with Crippen LogP contribution < -0.4 is 4.74 Å². The van der Waals surface area contributed by atoms with Crippen LogP contribution in [0.3, 0.4) is 0 Å². The van der Waals surface area contributed by atoms with E-state index in [9.17, 15) is 9.90 Å². The van der Waals surface area contributed by atoms with Crippen LogP contribution in [0.2, 0.25) is 0 Å². The standard InChI is InChI=1S/C15H14O4/c1-10-2-5-12(15(17)18)8-14(10)19-9-11-3-6-13(16)7-4-11/h2-8,16H,9H2,1H3,(H,17,18). The van der Waals surface area contributed by atoms with Gasteiger partial charge in [-0.15, -0.1) is 0 Å². The molecule has 0 heterocycles. The van der Waals surface area contributed by atoms with Gasteiger partial charge in [-0.3, -0.25) is 0 Å². The summed E-state index contributed by atoms with van der Waals surface area (Å²) in [5, 5.41) is 18.1. The van der Waals surface area contributed by atoms with Gasteiger partial charge in [-0.25, -0.2) is 4.79 Å². The first-order valence-corrected chi connectivity index (χ1v) is 5.81. The molecule has 0 saturated heterocycles. The van der Waals surface area contributed by atoms with Crippen molar-refractivity contribution in [2.24, 2.45) is 0 Å². The van der Waals surface area contributed by atoms with E-state index in [0.717, 1.165) is 11.1 Å². The molecular weight excluding hydrogens is 244 g/mol. The number of benzene rings is 2. The topological polar surface area (TPSA) is 66.8 Å². The van der Waals surface area contributed by atoms with Crippen LogP contribution in [0, 0.1) is 6.92 Å². The average Bonchev–Trinajstić information content (AvgIpc) is 2.39. The van der Waals surface area contributed by atoms with Gasteiger partial charge in [0.15, 0.2) is 0 Å². The number of aromatic hydroxyl groups is 1. The van der Waals surface area contributed by atoms with E-state index in [0.29, 0.717) is 12.4 Å². The third-order valence-corrected chi connectivity index (χ3v) is 2.77. The second kappa shape index (κ2) is 5.44. The molecule has 0 unspecified atom stereocenters. The molecule has 4 nitrogen and oxygen atoms in total. The summed E-state index contributed by atoms with van der Waals surface area (Å²) < 4.78 is 5.61. The number of hydrogen-bond acceptors (Lipinski definition) is 3. The smallest absolute Gasteiger partial charge is 0.335 e. The number of phenols is 1. The molecular formula is C15H14O4. The van der Waals surface area contributed by atoms with Gasteiger partial charge in [0, 0.05) is 0 Å². The number of ether oxygens (including phenoxy) is 1. The maximum Gasteiger partial charge on any atom is 0.335 e. The predicted molar refractivity (Wildman–Crippen MR) is 70.6 cm³/mol. The van der Waals surface area contributed by atoms with E-state index < -0.39 is 5.97 Å². The lowest BCUT2D eigenvalue weighted by molar-refractivity contribution is 0.0696. The van der Waals surface area contributed by atoms with Crippen LogP contribution in [-0.2, 0) is 6.61 Å². The largest absolute Gasteiger partial charge is 0.508 e. The zero-order chi connectivity index (χ0) is 13.8. The Kier molecular flexibility index (Phi) is 3.71. The molecule has 0 aromatic heterocycles. The van der Waals surface area contributed by atoms with Crippen molar-refractivity contribution in [2.75, 3.05) is 0 Å². The molecule has 0 fully saturated rings. The highest BCUT2D eigenvalue weighted by molar-refractivity contribution is 5.88. The SMILES string of the molecule is Cc1ccc(C(=O)O)cc1OCc1ccc(O)cc1. The summed E-state index contributed by atoms with van der Waals surface area (Å²) in [5.74, 6) is -0.227. The van der Waals surface area contributed by atoms with Crippen LogP contribution in [0.15, 0.2) is 42.5 Å². The maximum atomic E-state index is 10.9. The highest BCUT2D eigenvalue weighted by atomic mass is 16.5. The second-order valence-electron chi connectivity index (χ2n) is 4.24. The molecule has 0 amide bonds. The number of phenolic OH excluding ortho intramolecular Hbond substituents is 1. The van der Waals surface area contributed by atoms with Crippen LogP contribution >= 0.6 is 0 Å². The van der Waals surface area contributed by atoms with Crippen molar-refractivity contribution in [2.45, 2.75) is 13.5 Å². The monoisotopic (exact) mass is 258 g/mol. The highest BCUT2D eigenvalue weighted by Crippen LogP contribution is 2.21. The first-order valence-electron chi connectivity index (χ1n) is 5.81. The van der Waals surface area contributed by atoms with Crippen molar-refractivity contribution in [3.63, 3.8) is 0 Å². The van der Waals surface area contributed by atoms with Crippen molar-refractivity contribution in [1.82, 2.24) is 0 Å². The molecule has 0 spiro atoms. The molecule has 0 aliphatic heterocycles. The van der Waals surface area contributed by atoms with Crippen LogP contribution in [0.5, 0.6) is 11.5 Å². The van der Waals surface area contributed by atoms with Gasteiger partial charge in [0.2, 0.25) is 0 Å². The van der Waals surface area contributed by atoms with E-state index in [2.05, 4.69) is 0 Å². The normalized spacial score (nSPS) is 10.2. The number of rotatable bonds is 4. The van der Waals surface area contributed by atoms with Crippen molar-refractivity contribution in [1.29, 1.82) is 0 Å². The molecule has 0 aliphatic carbocycles. The van der Waals surface area contributed by atoms with E-state index in [1.54, 1.807) is 36.4 Å². The third kappa shape index (κ3) is 3.25. The summed E-state index contributed by atoms with van der Waals surface area (Å²) in [5.41, 5.74) is 1.98. The quantitative estimate of drug-likeness (QED) is 0.884. The summed E-state index contributed by atoms with van der Waals surface area (Å²) in [6, 6.07) is 11.5. The predicted octanol–water partition coefficient (Wildman–Crippen LogP) is 2.98. The number of carboxylic acids is 1. The molecule has 2 N–H and O–H groups in total. The highest BCUT2D eigenvalue weighted by Gasteiger charge is 2.07. The Hall–Kier alpha value is -2.49. The fraction of sp³-hybridized carbons (Fsp3) is 0.133. The van der Waals surface area contributed by atoms with E-state index in [1.165, 1.54) is 6.07 Å². The molecule has 2 aromatic carbocycles. The van der Waals surface area contributed by atoms with E-state index in [4.69, 9.17) is 9.84 Å². The van der Waals surface area contributed by atoms with Gasteiger partial charge in [-0.2, -0.15) is 0 Å². The van der Waals surface area contributed by atoms with E-state index in [-0.39, 0.29) is 11.3 Å². The maximum absolute atomic E-state index is 10.9. The van der Waals surface area contributed by atoms with Crippen LogP contribution in [0.4, 0.5) is 0 Å². The zero-order valence-electron chi connectivity index (χ0n) is 10.5. The van der Waals surface area contributed by atoms with Crippen molar-refractivity contribution >= 4 is 5.97 Å². The Morgan fingerprint density at radius 3 is 2.47 bits per heavy atom. The molecule has 98 valence electrons. The first-order chi connectivity index (χ1) is 9.06. The molecule has 2 aromatic rings. The van der Waals surface area contributed by atoms with E-state index in [1.807, 2.05) is 6.92 Å².